The van der Waals surface area contributed by atoms with Crippen LogP contribution in [0, 0.1) is 0 Å². The van der Waals surface area contributed by atoms with Gasteiger partial charge in [0.25, 0.3) is 0 Å². The van der Waals surface area contributed by atoms with Crippen molar-refractivity contribution in [3.63, 3.8) is 0 Å². The molecule has 6 nitrogen and oxygen atoms in total. The highest BCUT2D eigenvalue weighted by Gasteiger charge is 2.21. The summed E-state index contributed by atoms with van der Waals surface area (Å²) in [6.07, 6.45) is 1.34. The van der Waals surface area contributed by atoms with Crippen LogP contribution in [0.5, 0.6) is 5.75 Å². The molecule has 3 rings (SSSR count). The number of pyridine rings is 1. The van der Waals surface area contributed by atoms with Gasteiger partial charge in [0.1, 0.15) is 5.69 Å². The van der Waals surface area contributed by atoms with E-state index >= 15 is 0 Å². The van der Waals surface area contributed by atoms with Crippen molar-refractivity contribution in [2.75, 3.05) is 0 Å². The Morgan fingerprint density at radius 3 is 2.94 bits per heavy atom. The van der Waals surface area contributed by atoms with Gasteiger partial charge in [0, 0.05) is 6.20 Å². The lowest BCUT2D eigenvalue weighted by Gasteiger charge is -1.97. The van der Waals surface area contributed by atoms with Crippen molar-refractivity contribution in [2.24, 2.45) is 0 Å². The summed E-state index contributed by atoms with van der Waals surface area (Å²) in [5.74, 6) is -1.82. The molecule has 7 heteroatoms. The molecule has 0 amide bonds. The van der Waals surface area contributed by atoms with Crippen molar-refractivity contribution in [2.45, 2.75) is 0 Å². The number of carboxylic acids is 1. The van der Waals surface area contributed by atoms with Gasteiger partial charge >= 0.3 is 5.97 Å². The van der Waals surface area contributed by atoms with E-state index < -0.39 is 17.4 Å². The standard InChI is InChI=1S/C11H6N2O4S/c14-9-8(11(15)16)12-4-5-7(13-17-10(5)9)6-2-1-3-18-6/h1-4,14H,(H,15,16). The number of nitrogens with zero attached hydrogens (tertiary/aromatic N) is 2. The Labute approximate surface area is 104 Å². The molecule has 0 unspecified atom stereocenters. The van der Waals surface area contributed by atoms with Crippen molar-refractivity contribution in [3.05, 3.63) is 29.4 Å². The quantitative estimate of drug-likeness (QED) is 0.735. The van der Waals surface area contributed by atoms with Gasteiger partial charge in [0.05, 0.1) is 10.3 Å². The van der Waals surface area contributed by atoms with Gasteiger partial charge in [-0.1, -0.05) is 11.2 Å². The van der Waals surface area contributed by atoms with Crippen LogP contribution in [0.3, 0.4) is 0 Å². The predicted molar refractivity (Wildman–Crippen MR) is 63.7 cm³/mol. The SMILES string of the molecule is O=C(O)c1ncc2c(-c3cccs3)noc2c1O. The summed E-state index contributed by atoms with van der Waals surface area (Å²) in [6.45, 7) is 0. The second-order valence-corrected chi connectivity index (χ2v) is 4.46. The van der Waals surface area contributed by atoms with E-state index in [1.54, 1.807) is 0 Å². The Hall–Kier alpha value is -2.41. The number of hydrogen-bond acceptors (Lipinski definition) is 6. The van der Waals surface area contributed by atoms with E-state index in [1.807, 2.05) is 17.5 Å². The monoisotopic (exact) mass is 262 g/mol. The van der Waals surface area contributed by atoms with Crippen LogP contribution in [0.1, 0.15) is 10.5 Å². The maximum atomic E-state index is 10.8. The molecule has 0 aromatic carbocycles. The van der Waals surface area contributed by atoms with E-state index in [9.17, 15) is 9.90 Å². The van der Waals surface area contributed by atoms with Gasteiger partial charge in [-0.15, -0.1) is 11.3 Å². The highest BCUT2D eigenvalue weighted by Crippen LogP contribution is 2.35. The molecule has 2 N–H and O–H groups in total. The van der Waals surface area contributed by atoms with Gasteiger partial charge in [-0.25, -0.2) is 9.78 Å². The number of aromatic carboxylic acids is 1. The van der Waals surface area contributed by atoms with Crippen molar-refractivity contribution < 1.29 is 19.5 Å². The third kappa shape index (κ3) is 1.45. The summed E-state index contributed by atoms with van der Waals surface area (Å²) in [6, 6.07) is 3.71. The van der Waals surface area contributed by atoms with E-state index in [1.165, 1.54) is 17.5 Å². The number of hydrogen-bond donors (Lipinski definition) is 2. The first-order valence-corrected chi connectivity index (χ1v) is 5.81. The molecular formula is C11H6N2O4S. The molecular weight excluding hydrogens is 256 g/mol. The first-order valence-electron chi connectivity index (χ1n) is 4.93. The first-order chi connectivity index (χ1) is 8.68. The Balaban J connectivity index is 2.28. The number of rotatable bonds is 2. The average molecular weight is 262 g/mol. The number of aromatic hydroxyl groups is 1. The van der Waals surface area contributed by atoms with E-state index in [0.29, 0.717) is 11.1 Å². The van der Waals surface area contributed by atoms with E-state index in [0.717, 1.165) is 4.88 Å². The molecule has 0 spiro atoms. The number of fused-ring (bicyclic) bond motifs is 1. The molecule has 0 bridgehead atoms. The minimum Gasteiger partial charge on any atom is -0.502 e. The second-order valence-electron chi connectivity index (χ2n) is 3.51. The Kier molecular flexibility index (Phi) is 2.27. The van der Waals surface area contributed by atoms with Gasteiger partial charge in [-0.3, -0.25) is 0 Å². The van der Waals surface area contributed by atoms with Crippen LogP contribution in [-0.2, 0) is 0 Å². The number of thiophene rings is 1. The summed E-state index contributed by atoms with van der Waals surface area (Å²) >= 11 is 1.46. The summed E-state index contributed by atoms with van der Waals surface area (Å²) in [7, 11) is 0. The van der Waals surface area contributed by atoms with Crippen LogP contribution in [0.4, 0.5) is 0 Å². The highest BCUT2D eigenvalue weighted by molar-refractivity contribution is 7.13. The molecule has 0 atom stereocenters. The fourth-order valence-corrected chi connectivity index (χ4v) is 2.35. The van der Waals surface area contributed by atoms with Gasteiger partial charge in [-0.2, -0.15) is 0 Å². The summed E-state index contributed by atoms with van der Waals surface area (Å²) in [4.78, 5) is 15.4. The third-order valence-corrected chi connectivity index (χ3v) is 3.32. The smallest absolute Gasteiger partial charge is 0.358 e. The van der Waals surface area contributed by atoms with Crippen molar-refractivity contribution in [1.29, 1.82) is 0 Å². The van der Waals surface area contributed by atoms with Crippen molar-refractivity contribution >= 4 is 28.3 Å². The Morgan fingerprint density at radius 2 is 2.28 bits per heavy atom. The zero-order valence-electron chi connectivity index (χ0n) is 8.82. The summed E-state index contributed by atoms with van der Waals surface area (Å²) < 4.78 is 5.00. The number of aromatic nitrogens is 2. The zero-order valence-corrected chi connectivity index (χ0v) is 9.64. The molecule has 3 aromatic rings. The third-order valence-electron chi connectivity index (χ3n) is 2.45. The molecule has 90 valence electrons. The number of carbonyl (C=O) groups is 1. The molecule has 0 aliphatic carbocycles. The second kappa shape index (κ2) is 3.81. The topological polar surface area (TPSA) is 96.5 Å². The molecule has 0 aliphatic rings. The molecule has 0 saturated heterocycles. The maximum absolute atomic E-state index is 10.8. The minimum atomic E-state index is -1.32. The lowest BCUT2D eigenvalue weighted by Crippen LogP contribution is -2.00. The minimum absolute atomic E-state index is 0.0331. The average Bonchev–Trinajstić information content (AvgIpc) is 2.96. The van der Waals surface area contributed by atoms with Crippen LogP contribution in [0.25, 0.3) is 21.5 Å². The zero-order chi connectivity index (χ0) is 12.7. The molecule has 0 saturated carbocycles. The largest absolute Gasteiger partial charge is 0.502 e. The molecule has 0 radical (unpaired) electrons. The van der Waals surface area contributed by atoms with Gasteiger partial charge in [0.15, 0.2) is 11.4 Å². The Bertz CT molecular complexity index is 733. The van der Waals surface area contributed by atoms with Crippen LogP contribution in [0.2, 0.25) is 0 Å². The van der Waals surface area contributed by atoms with Crippen molar-refractivity contribution in [3.8, 4) is 16.3 Å². The molecule has 0 aliphatic heterocycles. The van der Waals surface area contributed by atoms with E-state index in [2.05, 4.69) is 10.1 Å². The van der Waals surface area contributed by atoms with Gasteiger partial charge in [0.2, 0.25) is 5.58 Å². The molecule has 3 aromatic heterocycles. The van der Waals surface area contributed by atoms with Gasteiger partial charge in [-0.05, 0) is 11.4 Å². The van der Waals surface area contributed by atoms with E-state index in [4.69, 9.17) is 9.63 Å². The normalized spacial score (nSPS) is 10.9. The van der Waals surface area contributed by atoms with E-state index in [-0.39, 0.29) is 5.58 Å². The Morgan fingerprint density at radius 1 is 1.44 bits per heavy atom. The van der Waals surface area contributed by atoms with Crippen LogP contribution >= 0.6 is 11.3 Å². The molecule has 18 heavy (non-hydrogen) atoms. The lowest BCUT2D eigenvalue weighted by atomic mass is 10.2. The summed E-state index contributed by atoms with van der Waals surface area (Å²) in [5, 5.41) is 24.8. The van der Waals surface area contributed by atoms with Crippen LogP contribution in [-0.4, -0.2) is 26.3 Å². The van der Waals surface area contributed by atoms with Gasteiger partial charge < -0.3 is 14.7 Å². The summed E-state index contributed by atoms with van der Waals surface area (Å²) in [5.41, 5.74) is 0.127. The molecule has 3 heterocycles. The first kappa shape index (κ1) is 10.7. The maximum Gasteiger partial charge on any atom is 0.358 e. The highest BCUT2D eigenvalue weighted by atomic mass is 32.1. The van der Waals surface area contributed by atoms with Crippen molar-refractivity contribution in [1.82, 2.24) is 10.1 Å². The predicted octanol–water partition coefficient (Wildman–Crippen LogP) is 2.36. The fraction of sp³-hybridized carbons (Fsp3) is 0. The van der Waals surface area contributed by atoms with Crippen LogP contribution in [0.15, 0.2) is 28.2 Å². The lowest BCUT2D eigenvalue weighted by molar-refractivity contribution is 0.0687. The fourth-order valence-electron chi connectivity index (χ4n) is 1.63. The van der Waals surface area contributed by atoms with Crippen LogP contribution < -0.4 is 0 Å². The number of carboxylic acid groups (broad SMARTS) is 1. The molecule has 0 fully saturated rings.